The van der Waals surface area contributed by atoms with E-state index in [-0.39, 0.29) is 23.3 Å². The molecule has 3 aromatic rings. The number of hydrogen-bond donors (Lipinski definition) is 2. The standard InChI is InChI=1S/C28H28N4O2/c1-21-12-13-25(26(33)18-21)30-20-24(19-29)28(34)32-16-14-31(15-17-32)27(22-8-4-2-5-9-22)23-10-6-3-7-11-23/h2-13,18,20,27,30,33H,14-17H2,1H3/b24-20-. The van der Waals surface area contributed by atoms with Gasteiger partial charge in [-0.2, -0.15) is 5.26 Å². The first-order chi connectivity index (χ1) is 16.6. The zero-order chi connectivity index (χ0) is 23.9. The largest absolute Gasteiger partial charge is 0.506 e. The molecule has 3 aromatic carbocycles. The molecule has 0 saturated carbocycles. The lowest BCUT2D eigenvalue weighted by Gasteiger charge is -2.39. The van der Waals surface area contributed by atoms with Crippen molar-refractivity contribution in [2.45, 2.75) is 13.0 Å². The van der Waals surface area contributed by atoms with Crippen molar-refractivity contribution in [2.75, 3.05) is 31.5 Å². The molecule has 1 fully saturated rings. The van der Waals surface area contributed by atoms with Crippen LogP contribution in [0.5, 0.6) is 5.75 Å². The van der Waals surface area contributed by atoms with Gasteiger partial charge in [-0.05, 0) is 35.7 Å². The Labute approximate surface area is 200 Å². The van der Waals surface area contributed by atoms with Crippen LogP contribution in [-0.4, -0.2) is 47.0 Å². The number of rotatable bonds is 6. The van der Waals surface area contributed by atoms with E-state index < -0.39 is 0 Å². The maximum Gasteiger partial charge on any atom is 0.266 e. The number of phenolic OH excluding ortho intramolecular Hbond substituents is 1. The lowest BCUT2D eigenvalue weighted by Crippen LogP contribution is -2.50. The van der Waals surface area contributed by atoms with Crippen LogP contribution in [0.25, 0.3) is 0 Å². The molecule has 0 aromatic heterocycles. The fraction of sp³-hybridized carbons (Fsp3) is 0.214. The third-order valence-corrected chi connectivity index (χ3v) is 6.07. The Hall–Kier alpha value is -4.08. The molecule has 0 spiro atoms. The zero-order valence-electron chi connectivity index (χ0n) is 19.2. The second kappa shape index (κ2) is 10.7. The third kappa shape index (κ3) is 5.28. The number of aromatic hydroxyl groups is 1. The van der Waals surface area contributed by atoms with Gasteiger partial charge in [-0.25, -0.2) is 0 Å². The molecule has 0 bridgehead atoms. The van der Waals surface area contributed by atoms with Crippen LogP contribution in [0.15, 0.2) is 90.6 Å². The average Bonchev–Trinajstić information content (AvgIpc) is 2.87. The molecule has 6 heteroatoms. The second-order valence-electron chi connectivity index (χ2n) is 8.39. The molecule has 0 atom stereocenters. The van der Waals surface area contributed by atoms with Gasteiger partial charge >= 0.3 is 0 Å². The highest BCUT2D eigenvalue weighted by atomic mass is 16.3. The summed E-state index contributed by atoms with van der Waals surface area (Å²) in [5.41, 5.74) is 3.81. The van der Waals surface area contributed by atoms with E-state index in [4.69, 9.17) is 0 Å². The number of carbonyl (C=O) groups excluding carboxylic acids is 1. The highest BCUT2D eigenvalue weighted by Gasteiger charge is 2.29. The minimum absolute atomic E-state index is 0.0103. The summed E-state index contributed by atoms with van der Waals surface area (Å²) in [7, 11) is 0. The molecule has 172 valence electrons. The number of benzene rings is 3. The van der Waals surface area contributed by atoms with Crippen molar-refractivity contribution in [3.05, 3.63) is 107 Å². The summed E-state index contributed by atoms with van der Waals surface area (Å²) in [5.74, 6) is -0.236. The fourth-order valence-electron chi connectivity index (χ4n) is 4.29. The minimum atomic E-state index is -0.308. The van der Waals surface area contributed by atoms with Gasteiger partial charge in [0.15, 0.2) is 0 Å². The van der Waals surface area contributed by atoms with Gasteiger partial charge in [0.2, 0.25) is 0 Å². The molecule has 2 N–H and O–H groups in total. The number of phenols is 1. The number of hydrogen-bond acceptors (Lipinski definition) is 5. The van der Waals surface area contributed by atoms with Crippen molar-refractivity contribution in [1.29, 1.82) is 5.26 Å². The number of piperazine rings is 1. The van der Waals surface area contributed by atoms with Crippen LogP contribution < -0.4 is 5.32 Å². The molecule has 1 saturated heterocycles. The Morgan fingerprint density at radius 2 is 1.56 bits per heavy atom. The van der Waals surface area contributed by atoms with Crippen molar-refractivity contribution < 1.29 is 9.90 Å². The van der Waals surface area contributed by atoms with Gasteiger partial charge in [0.25, 0.3) is 5.91 Å². The number of nitrogens with one attached hydrogen (secondary N) is 1. The highest BCUT2D eigenvalue weighted by molar-refractivity contribution is 5.97. The van der Waals surface area contributed by atoms with Crippen LogP contribution in [-0.2, 0) is 4.79 Å². The molecule has 0 radical (unpaired) electrons. The fourth-order valence-corrected chi connectivity index (χ4v) is 4.29. The summed E-state index contributed by atoms with van der Waals surface area (Å²) in [6.45, 7) is 4.34. The molecule has 0 aliphatic carbocycles. The molecule has 1 aliphatic rings. The smallest absolute Gasteiger partial charge is 0.266 e. The summed E-state index contributed by atoms with van der Waals surface area (Å²) >= 11 is 0. The number of amides is 1. The van der Waals surface area contributed by atoms with Crippen molar-refractivity contribution in [1.82, 2.24) is 9.80 Å². The quantitative estimate of drug-likeness (QED) is 0.328. The Kier molecular flexibility index (Phi) is 7.26. The summed E-state index contributed by atoms with van der Waals surface area (Å²) in [5, 5.41) is 22.5. The van der Waals surface area contributed by atoms with E-state index in [0.29, 0.717) is 31.9 Å². The Bertz CT molecular complexity index is 1150. The lowest BCUT2D eigenvalue weighted by atomic mass is 9.96. The molecule has 1 aliphatic heterocycles. The van der Waals surface area contributed by atoms with E-state index in [9.17, 15) is 15.2 Å². The van der Waals surface area contributed by atoms with E-state index >= 15 is 0 Å². The topological polar surface area (TPSA) is 79.6 Å². The molecule has 4 rings (SSSR count). The van der Waals surface area contributed by atoms with Gasteiger partial charge < -0.3 is 15.3 Å². The van der Waals surface area contributed by atoms with Crippen LogP contribution in [0, 0.1) is 18.3 Å². The monoisotopic (exact) mass is 452 g/mol. The summed E-state index contributed by atoms with van der Waals surface area (Å²) in [6, 6.07) is 28.1. The molecule has 1 heterocycles. The van der Waals surface area contributed by atoms with E-state index in [1.165, 1.54) is 17.3 Å². The normalized spacial score (nSPS) is 14.6. The van der Waals surface area contributed by atoms with E-state index in [1.54, 1.807) is 17.0 Å². The molecule has 6 nitrogen and oxygen atoms in total. The van der Waals surface area contributed by atoms with Gasteiger partial charge in [0.05, 0.1) is 11.7 Å². The van der Waals surface area contributed by atoms with E-state index in [2.05, 4.69) is 34.5 Å². The molecular weight excluding hydrogens is 424 g/mol. The molecular formula is C28H28N4O2. The van der Waals surface area contributed by atoms with E-state index in [1.807, 2.05) is 55.5 Å². The van der Waals surface area contributed by atoms with Crippen molar-refractivity contribution in [3.8, 4) is 11.8 Å². The van der Waals surface area contributed by atoms with Crippen LogP contribution in [0.3, 0.4) is 0 Å². The predicted octanol–water partition coefficient (Wildman–Crippen LogP) is 4.45. The molecule has 1 amide bonds. The van der Waals surface area contributed by atoms with E-state index in [0.717, 1.165) is 5.56 Å². The Morgan fingerprint density at radius 1 is 0.971 bits per heavy atom. The first-order valence-electron chi connectivity index (χ1n) is 11.4. The second-order valence-corrected chi connectivity index (χ2v) is 8.39. The SMILES string of the molecule is Cc1ccc(N/C=C(/C#N)C(=O)N2CCN(C(c3ccccc3)c3ccccc3)CC2)c(O)c1. The maximum absolute atomic E-state index is 13.0. The first-order valence-corrected chi connectivity index (χ1v) is 11.4. The summed E-state index contributed by atoms with van der Waals surface area (Å²) < 4.78 is 0. The number of carbonyl (C=O) groups is 1. The molecule has 0 unspecified atom stereocenters. The maximum atomic E-state index is 13.0. The molecule has 34 heavy (non-hydrogen) atoms. The van der Waals surface area contributed by atoms with Crippen LogP contribution in [0.2, 0.25) is 0 Å². The van der Waals surface area contributed by atoms with Crippen molar-refractivity contribution in [3.63, 3.8) is 0 Å². The number of anilines is 1. The van der Waals surface area contributed by atoms with Crippen LogP contribution >= 0.6 is 0 Å². The summed E-state index contributed by atoms with van der Waals surface area (Å²) in [4.78, 5) is 17.1. The lowest BCUT2D eigenvalue weighted by molar-refractivity contribution is -0.128. The van der Waals surface area contributed by atoms with Gasteiger partial charge in [-0.1, -0.05) is 66.7 Å². The van der Waals surface area contributed by atoms with Crippen LogP contribution in [0.1, 0.15) is 22.7 Å². The predicted molar refractivity (Wildman–Crippen MR) is 133 cm³/mol. The minimum Gasteiger partial charge on any atom is -0.506 e. The first kappa shape index (κ1) is 23.1. The van der Waals surface area contributed by atoms with Gasteiger partial charge in [0, 0.05) is 32.4 Å². The average molecular weight is 453 g/mol. The van der Waals surface area contributed by atoms with Gasteiger partial charge in [0.1, 0.15) is 17.4 Å². The number of aryl methyl sites for hydroxylation is 1. The summed E-state index contributed by atoms with van der Waals surface area (Å²) in [6.07, 6.45) is 1.37. The van der Waals surface area contributed by atoms with Gasteiger partial charge in [-0.3, -0.25) is 9.69 Å². The van der Waals surface area contributed by atoms with Crippen LogP contribution in [0.4, 0.5) is 5.69 Å². The zero-order valence-corrected chi connectivity index (χ0v) is 19.2. The van der Waals surface area contributed by atoms with Crippen molar-refractivity contribution in [2.24, 2.45) is 0 Å². The Balaban J connectivity index is 1.45. The van der Waals surface area contributed by atoms with Crippen molar-refractivity contribution >= 4 is 11.6 Å². The highest BCUT2D eigenvalue weighted by Crippen LogP contribution is 2.30. The third-order valence-electron chi connectivity index (χ3n) is 6.07. The van der Waals surface area contributed by atoms with Gasteiger partial charge in [-0.15, -0.1) is 0 Å². The number of nitriles is 1. The number of nitrogens with zero attached hydrogens (tertiary/aromatic N) is 3. The Morgan fingerprint density at radius 3 is 2.09 bits per heavy atom.